The van der Waals surface area contributed by atoms with E-state index in [4.69, 9.17) is 15.9 Å². The minimum Gasteiger partial charge on any atom is -0.451 e. The van der Waals surface area contributed by atoms with E-state index in [0.717, 1.165) is 4.47 Å². The maximum atomic E-state index is 10.6. The van der Waals surface area contributed by atoms with Crippen LogP contribution >= 0.6 is 31.9 Å². The average Bonchev–Trinajstić information content (AvgIpc) is 2.31. The third-order valence-electron chi connectivity index (χ3n) is 1.45. The molecule has 0 aliphatic carbocycles. The summed E-state index contributed by atoms with van der Waals surface area (Å²) in [4.78, 5) is 10.6. The first-order chi connectivity index (χ1) is 6.00. The van der Waals surface area contributed by atoms with Crippen molar-refractivity contribution in [1.82, 2.24) is 0 Å². The van der Waals surface area contributed by atoms with Crippen molar-refractivity contribution in [2.45, 2.75) is 12.5 Å². The molecule has 0 unspecified atom stereocenters. The molecular weight excluding hydrogens is 304 g/mol. The standard InChI is InChI=1S/C7H8Br2N2O2/c8-3-1-5(13-7(3)9)4(10)2-6(11)12/h1,4H,2,10H2,(H2,11,12)/t4-/m0/s1. The van der Waals surface area contributed by atoms with Gasteiger partial charge in [-0.25, -0.2) is 0 Å². The van der Waals surface area contributed by atoms with Crippen molar-refractivity contribution in [3.63, 3.8) is 0 Å². The van der Waals surface area contributed by atoms with Crippen molar-refractivity contribution in [2.75, 3.05) is 0 Å². The van der Waals surface area contributed by atoms with Gasteiger partial charge >= 0.3 is 0 Å². The molecule has 0 bridgehead atoms. The fourth-order valence-electron chi connectivity index (χ4n) is 0.863. The highest BCUT2D eigenvalue weighted by Crippen LogP contribution is 2.29. The molecule has 4 N–H and O–H groups in total. The summed E-state index contributed by atoms with van der Waals surface area (Å²) >= 11 is 6.40. The second kappa shape index (κ2) is 4.26. The van der Waals surface area contributed by atoms with E-state index >= 15 is 0 Å². The molecule has 1 atom stereocenters. The van der Waals surface area contributed by atoms with Gasteiger partial charge in [-0.05, 0) is 37.9 Å². The van der Waals surface area contributed by atoms with Crippen LogP contribution in [0.4, 0.5) is 0 Å². The molecule has 0 saturated carbocycles. The van der Waals surface area contributed by atoms with Crippen LogP contribution in [0.15, 0.2) is 19.6 Å². The molecule has 1 amide bonds. The Morgan fingerprint density at radius 2 is 2.23 bits per heavy atom. The van der Waals surface area contributed by atoms with Gasteiger partial charge in [-0.2, -0.15) is 0 Å². The number of primary amides is 1. The quantitative estimate of drug-likeness (QED) is 0.891. The van der Waals surface area contributed by atoms with E-state index in [0.29, 0.717) is 10.4 Å². The van der Waals surface area contributed by atoms with Crippen LogP contribution in [-0.4, -0.2) is 5.91 Å². The molecule has 0 spiro atoms. The van der Waals surface area contributed by atoms with Crippen molar-refractivity contribution in [2.24, 2.45) is 11.5 Å². The number of carbonyl (C=O) groups excluding carboxylic acids is 1. The van der Waals surface area contributed by atoms with Crippen molar-refractivity contribution in [3.8, 4) is 0 Å². The van der Waals surface area contributed by atoms with Gasteiger partial charge in [0.1, 0.15) is 5.76 Å². The number of halogens is 2. The van der Waals surface area contributed by atoms with Crippen LogP contribution in [0.3, 0.4) is 0 Å². The molecule has 4 nitrogen and oxygen atoms in total. The van der Waals surface area contributed by atoms with Gasteiger partial charge in [0.15, 0.2) is 4.67 Å². The van der Waals surface area contributed by atoms with E-state index in [9.17, 15) is 4.79 Å². The SMILES string of the molecule is NC(=O)C[C@H](N)c1cc(Br)c(Br)o1. The molecule has 1 rings (SSSR count). The maximum absolute atomic E-state index is 10.6. The summed E-state index contributed by atoms with van der Waals surface area (Å²) in [6.45, 7) is 0. The summed E-state index contributed by atoms with van der Waals surface area (Å²) in [6.07, 6.45) is 0.0758. The minimum atomic E-state index is -0.486. The number of carbonyl (C=O) groups is 1. The Balaban J connectivity index is 2.77. The molecule has 6 heteroatoms. The second-order valence-electron chi connectivity index (χ2n) is 2.55. The van der Waals surface area contributed by atoms with Crippen LogP contribution in [0, 0.1) is 0 Å². The molecule has 0 saturated heterocycles. The van der Waals surface area contributed by atoms with Crippen molar-refractivity contribution in [1.29, 1.82) is 0 Å². The maximum Gasteiger partial charge on any atom is 0.219 e. The summed E-state index contributed by atoms with van der Waals surface area (Å²) in [5, 5.41) is 0. The lowest BCUT2D eigenvalue weighted by Gasteiger charge is -2.03. The van der Waals surface area contributed by atoms with Gasteiger partial charge in [0.05, 0.1) is 10.5 Å². The molecule has 1 aromatic rings. The van der Waals surface area contributed by atoms with E-state index in [2.05, 4.69) is 31.9 Å². The molecule has 72 valence electrons. The zero-order valence-electron chi connectivity index (χ0n) is 6.59. The number of hydrogen-bond acceptors (Lipinski definition) is 3. The Bertz CT molecular complexity index is 305. The molecule has 0 aromatic carbocycles. The number of amides is 1. The normalized spacial score (nSPS) is 12.8. The first-order valence-corrected chi connectivity index (χ1v) is 5.08. The fraction of sp³-hybridized carbons (Fsp3) is 0.286. The van der Waals surface area contributed by atoms with Crippen molar-refractivity contribution < 1.29 is 9.21 Å². The van der Waals surface area contributed by atoms with Gasteiger partial charge in [-0.1, -0.05) is 0 Å². The van der Waals surface area contributed by atoms with E-state index in [1.165, 1.54) is 0 Å². The highest BCUT2D eigenvalue weighted by atomic mass is 79.9. The lowest BCUT2D eigenvalue weighted by molar-refractivity contribution is -0.118. The van der Waals surface area contributed by atoms with Gasteiger partial charge in [-0.3, -0.25) is 4.79 Å². The van der Waals surface area contributed by atoms with E-state index in [1.54, 1.807) is 6.07 Å². The van der Waals surface area contributed by atoms with Gasteiger partial charge in [-0.15, -0.1) is 0 Å². The Morgan fingerprint density at radius 3 is 2.62 bits per heavy atom. The second-order valence-corrected chi connectivity index (χ2v) is 4.12. The van der Waals surface area contributed by atoms with Crippen LogP contribution in [-0.2, 0) is 4.79 Å². The van der Waals surface area contributed by atoms with E-state index in [1.807, 2.05) is 0 Å². The molecule has 0 fully saturated rings. The Morgan fingerprint density at radius 1 is 1.62 bits per heavy atom. The van der Waals surface area contributed by atoms with Crippen LogP contribution < -0.4 is 11.5 Å². The van der Waals surface area contributed by atoms with Crippen LogP contribution in [0.1, 0.15) is 18.2 Å². The number of rotatable bonds is 3. The van der Waals surface area contributed by atoms with Gasteiger partial charge in [0.25, 0.3) is 0 Å². The highest BCUT2D eigenvalue weighted by molar-refractivity contribution is 9.13. The minimum absolute atomic E-state index is 0.0758. The Hall–Kier alpha value is -0.330. The molecule has 0 radical (unpaired) electrons. The third-order valence-corrected chi connectivity index (χ3v) is 3.16. The number of hydrogen-bond donors (Lipinski definition) is 2. The van der Waals surface area contributed by atoms with E-state index in [-0.39, 0.29) is 6.42 Å². The topological polar surface area (TPSA) is 82.2 Å². The molecule has 0 aliphatic heterocycles. The zero-order valence-corrected chi connectivity index (χ0v) is 9.76. The van der Waals surface area contributed by atoms with Gasteiger partial charge in [0.2, 0.25) is 5.91 Å². The lowest BCUT2D eigenvalue weighted by Crippen LogP contribution is -2.20. The molecule has 13 heavy (non-hydrogen) atoms. The summed E-state index contributed by atoms with van der Waals surface area (Å²) in [5.41, 5.74) is 10.6. The predicted molar refractivity (Wildman–Crippen MR) is 54.8 cm³/mol. The summed E-state index contributed by atoms with van der Waals surface area (Å²) in [5.74, 6) is 0.0775. The lowest BCUT2D eigenvalue weighted by atomic mass is 10.2. The van der Waals surface area contributed by atoms with Crippen LogP contribution in [0.2, 0.25) is 0 Å². The largest absolute Gasteiger partial charge is 0.451 e. The highest BCUT2D eigenvalue weighted by Gasteiger charge is 2.15. The third kappa shape index (κ3) is 2.82. The first-order valence-electron chi connectivity index (χ1n) is 3.49. The number of furan rings is 1. The predicted octanol–water partition coefficient (Wildman–Crippen LogP) is 1.68. The average molecular weight is 312 g/mol. The Labute approximate surface area is 91.9 Å². The molecule has 0 aliphatic rings. The van der Waals surface area contributed by atoms with Gasteiger partial charge < -0.3 is 15.9 Å². The van der Waals surface area contributed by atoms with Crippen molar-refractivity contribution in [3.05, 3.63) is 21.0 Å². The summed E-state index contributed by atoms with van der Waals surface area (Å²) < 4.78 is 6.54. The van der Waals surface area contributed by atoms with Crippen molar-refractivity contribution >= 4 is 37.8 Å². The van der Waals surface area contributed by atoms with Gasteiger partial charge in [0, 0.05) is 6.42 Å². The monoisotopic (exact) mass is 310 g/mol. The summed E-state index contributed by atoms with van der Waals surface area (Å²) in [6, 6.07) is 1.22. The molecule has 1 aromatic heterocycles. The first kappa shape index (κ1) is 10.7. The van der Waals surface area contributed by atoms with Crippen LogP contribution in [0.25, 0.3) is 0 Å². The Kier molecular flexibility index (Phi) is 3.52. The summed E-state index contributed by atoms with van der Waals surface area (Å²) in [7, 11) is 0. The van der Waals surface area contributed by atoms with Crippen LogP contribution in [0.5, 0.6) is 0 Å². The number of nitrogens with two attached hydrogens (primary N) is 2. The van der Waals surface area contributed by atoms with E-state index < -0.39 is 11.9 Å². The zero-order chi connectivity index (χ0) is 10.0. The molecule has 1 heterocycles. The fourth-order valence-corrected chi connectivity index (χ4v) is 1.47. The molecular formula is C7H8Br2N2O2. The smallest absolute Gasteiger partial charge is 0.219 e.